The highest BCUT2D eigenvalue weighted by atomic mass is 35.5. The van der Waals surface area contributed by atoms with Crippen LogP contribution in [0.25, 0.3) is 0 Å². The summed E-state index contributed by atoms with van der Waals surface area (Å²) >= 11 is 5.93. The van der Waals surface area contributed by atoms with Crippen molar-refractivity contribution in [1.29, 1.82) is 0 Å². The Kier molecular flexibility index (Phi) is 5.72. The number of nitrogens with one attached hydrogen (secondary N) is 1. The van der Waals surface area contributed by atoms with E-state index in [1.807, 2.05) is 12.1 Å². The molecule has 2 aliphatic rings. The van der Waals surface area contributed by atoms with Gasteiger partial charge in [0.25, 0.3) is 0 Å². The van der Waals surface area contributed by atoms with Gasteiger partial charge in [-0.25, -0.2) is 0 Å². The predicted molar refractivity (Wildman–Crippen MR) is 99.7 cm³/mol. The molecule has 1 aromatic carbocycles. The summed E-state index contributed by atoms with van der Waals surface area (Å²) in [6.07, 6.45) is 3.28. The van der Waals surface area contributed by atoms with Gasteiger partial charge in [-0.3, -0.25) is 14.4 Å². The van der Waals surface area contributed by atoms with Crippen molar-refractivity contribution in [2.45, 2.75) is 31.7 Å². The van der Waals surface area contributed by atoms with E-state index < -0.39 is 24.0 Å². The number of hydrogen-bond acceptors (Lipinski definition) is 4. The molecule has 4 N–H and O–H groups in total. The molecule has 3 amide bonds. The van der Waals surface area contributed by atoms with Gasteiger partial charge in [-0.15, -0.1) is 0 Å². The molecule has 0 bridgehead atoms. The number of carbonyl (C=O) groups excluding carboxylic acids is 3. The lowest BCUT2D eigenvalue weighted by Crippen LogP contribution is -2.68. The fraction of sp³-hybridized carbons (Fsp3) is 0.526. The summed E-state index contributed by atoms with van der Waals surface area (Å²) in [6, 6.07) is 6.03. The van der Waals surface area contributed by atoms with Crippen molar-refractivity contribution in [1.82, 2.24) is 10.2 Å². The Morgan fingerprint density at radius 3 is 2.37 bits per heavy atom. The van der Waals surface area contributed by atoms with E-state index in [9.17, 15) is 19.5 Å². The van der Waals surface area contributed by atoms with E-state index in [2.05, 4.69) is 5.32 Å². The van der Waals surface area contributed by atoms with Gasteiger partial charge in [-0.05, 0) is 37.0 Å². The molecule has 27 heavy (non-hydrogen) atoms. The number of aliphatic hydroxyl groups is 1. The van der Waals surface area contributed by atoms with Crippen LogP contribution in [0.5, 0.6) is 0 Å². The van der Waals surface area contributed by atoms with E-state index in [0.717, 1.165) is 24.8 Å². The van der Waals surface area contributed by atoms with Crippen LogP contribution in [0, 0.1) is 11.3 Å². The minimum Gasteiger partial charge on any atom is -0.394 e. The first-order valence-electron chi connectivity index (χ1n) is 9.09. The van der Waals surface area contributed by atoms with Crippen molar-refractivity contribution in [2.75, 3.05) is 19.7 Å². The van der Waals surface area contributed by atoms with E-state index in [-0.39, 0.29) is 30.8 Å². The highest BCUT2D eigenvalue weighted by molar-refractivity contribution is 6.30. The molecular formula is C19H24ClN3O4. The molecule has 2 fully saturated rings. The van der Waals surface area contributed by atoms with E-state index >= 15 is 0 Å². The number of likely N-dealkylation sites (tertiary alicyclic amines) is 1. The molecule has 7 nitrogen and oxygen atoms in total. The van der Waals surface area contributed by atoms with Crippen molar-refractivity contribution in [3.8, 4) is 0 Å². The largest absolute Gasteiger partial charge is 0.394 e. The Morgan fingerprint density at radius 1 is 1.26 bits per heavy atom. The highest BCUT2D eigenvalue weighted by Gasteiger charge is 2.52. The molecule has 1 atom stereocenters. The lowest BCUT2D eigenvalue weighted by atomic mass is 9.72. The van der Waals surface area contributed by atoms with Gasteiger partial charge in [-0.1, -0.05) is 30.2 Å². The predicted octanol–water partition coefficient (Wildman–Crippen LogP) is 0.474. The highest BCUT2D eigenvalue weighted by Crippen LogP contribution is 2.38. The molecule has 3 rings (SSSR count). The van der Waals surface area contributed by atoms with Crippen LogP contribution in [0.3, 0.4) is 0 Å². The Morgan fingerprint density at radius 2 is 1.89 bits per heavy atom. The molecule has 0 radical (unpaired) electrons. The summed E-state index contributed by atoms with van der Waals surface area (Å²) < 4.78 is 0. The fourth-order valence-electron chi connectivity index (χ4n) is 3.60. The number of nitrogens with zero attached hydrogens (tertiary/aromatic N) is 1. The number of halogens is 1. The molecule has 1 saturated carbocycles. The number of aliphatic hydroxyl groups excluding tert-OH is 1. The normalized spacial score (nSPS) is 19.6. The molecule has 0 spiro atoms. The zero-order valence-electron chi connectivity index (χ0n) is 15.0. The first kappa shape index (κ1) is 19.6. The molecule has 1 aliphatic heterocycles. The summed E-state index contributed by atoms with van der Waals surface area (Å²) in [7, 11) is 0. The topological polar surface area (TPSA) is 113 Å². The van der Waals surface area contributed by atoms with E-state index in [1.165, 1.54) is 0 Å². The lowest BCUT2D eigenvalue weighted by molar-refractivity contribution is -0.159. The van der Waals surface area contributed by atoms with Gasteiger partial charge >= 0.3 is 0 Å². The summed E-state index contributed by atoms with van der Waals surface area (Å²) in [5.41, 5.74) is 5.27. The third kappa shape index (κ3) is 4.09. The van der Waals surface area contributed by atoms with Crippen molar-refractivity contribution in [2.24, 2.45) is 17.1 Å². The van der Waals surface area contributed by atoms with Crippen LogP contribution in [-0.2, 0) is 20.8 Å². The molecule has 1 aromatic rings. The maximum atomic E-state index is 12.9. The zero-order valence-corrected chi connectivity index (χ0v) is 15.7. The van der Waals surface area contributed by atoms with Gasteiger partial charge < -0.3 is 21.1 Å². The number of hydrogen-bond donors (Lipinski definition) is 3. The van der Waals surface area contributed by atoms with Crippen LogP contribution in [0.2, 0.25) is 5.02 Å². The minimum absolute atomic E-state index is 0.0670. The quantitative estimate of drug-likeness (QED) is 0.625. The second-order valence-electron chi connectivity index (χ2n) is 7.52. The van der Waals surface area contributed by atoms with Crippen LogP contribution in [0.1, 0.15) is 24.8 Å². The average molecular weight is 394 g/mol. The van der Waals surface area contributed by atoms with E-state index in [1.54, 1.807) is 17.0 Å². The maximum absolute atomic E-state index is 12.9. The SMILES string of the molecule is NC(=O)[C@H](CO)NC(=O)C1(Cc2ccc(Cl)cc2)CN(C(=O)C2CCC2)C1. The van der Waals surface area contributed by atoms with Crippen molar-refractivity contribution in [3.63, 3.8) is 0 Å². The monoisotopic (exact) mass is 393 g/mol. The standard InChI is InChI=1S/C19H24ClN3O4/c20-14-6-4-12(5-7-14)8-19(18(27)22-15(9-24)16(21)25)10-23(11-19)17(26)13-2-1-3-13/h4-7,13,15,24H,1-3,8-11H2,(H2,21,25)(H,22,27)/t15-/m0/s1. The van der Waals surface area contributed by atoms with E-state index in [0.29, 0.717) is 11.4 Å². The Balaban J connectivity index is 1.74. The average Bonchev–Trinajstić information content (AvgIpc) is 2.55. The Labute approximate surface area is 162 Å². The van der Waals surface area contributed by atoms with Crippen molar-refractivity contribution >= 4 is 29.3 Å². The number of nitrogens with two attached hydrogens (primary N) is 1. The van der Waals surface area contributed by atoms with E-state index in [4.69, 9.17) is 17.3 Å². The Hall–Kier alpha value is -2.12. The van der Waals surface area contributed by atoms with Gasteiger partial charge in [0.1, 0.15) is 6.04 Å². The maximum Gasteiger partial charge on any atom is 0.242 e. The second-order valence-corrected chi connectivity index (χ2v) is 7.95. The van der Waals surface area contributed by atoms with Gasteiger partial charge in [-0.2, -0.15) is 0 Å². The van der Waals surface area contributed by atoms with Crippen LogP contribution in [-0.4, -0.2) is 53.5 Å². The summed E-state index contributed by atoms with van der Waals surface area (Å²) in [5, 5.41) is 12.4. The third-order valence-corrected chi connectivity index (χ3v) is 5.77. The van der Waals surface area contributed by atoms with Crippen LogP contribution >= 0.6 is 11.6 Å². The summed E-state index contributed by atoms with van der Waals surface area (Å²) in [5.74, 6) is -1.02. The molecule has 146 valence electrons. The van der Waals surface area contributed by atoms with Gasteiger partial charge in [0.2, 0.25) is 17.7 Å². The smallest absolute Gasteiger partial charge is 0.242 e. The molecule has 0 aromatic heterocycles. The number of benzene rings is 1. The molecular weight excluding hydrogens is 370 g/mol. The molecule has 1 heterocycles. The zero-order chi connectivity index (χ0) is 19.6. The number of carbonyl (C=O) groups is 3. The van der Waals surface area contributed by atoms with Gasteiger partial charge in [0.05, 0.1) is 12.0 Å². The molecule has 1 aliphatic carbocycles. The first-order chi connectivity index (χ1) is 12.8. The number of primary amides is 1. The Bertz CT molecular complexity index is 727. The minimum atomic E-state index is -1.14. The first-order valence-corrected chi connectivity index (χ1v) is 9.47. The van der Waals surface area contributed by atoms with Gasteiger partial charge in [0, 0.05) is 24.0 Å². The molecule has 1 saturated heterocycles. The van der Waals surface area contributed by atoms with Crippen molar-refractivity contribution in [3.05, 3.63) is 34.9 Å². The van der Waals surface area contributed by atoms with Gasteiger partial charge in [0.15, 0.2) is 0 Å². The molecule has 0 unspecified atom stereocenters. The fourth-order valence-corrected chi connectivity index (χ4v) is 3.73. The third-order valence-electron chi connectivity index (χ3n) is 5.52. The summed E-state index contributed by atoms with van der Waals surface area (Å²) in [4.78, 5) is 38.5. The lowest BCUT2D eigenvalue weighted by Gasteiger charge is -2.51. The number of amides is 3. The van der Waals surface area contributed by atoms with Crippen LogP contribution < -0.4 is 11.1 Å². The van der Waals surface area contributed by atoms with Crippen LogP contribution in [0.15, 0.2) is 24.3 Å². The van der Waals surface area contributed by atoms with Crippen molar-refractivity contribution < 1.29 is 19.5 Å². The second kappa shape index (κ2) is 7.86. The summed E-state index contributed by atoms with van der Waals surface area (Å²) in [6.45, 7) is 0.00419. The van der Waals surface area contributed by atoms with Crippen LogP contribution in [0.4, 0.5) is 0 Å². The number of rotatable bonds is 7. The molecule has 8 heteroatoms.